The number of aromatic nitrogens is 5. The fraction of sp³-hybridized carbons (Fsp3) is 0.385. The summed E-state index contributed by atoms with van der Waals surface area (Å²) in [5, 5.41) is 7.46. The zero-order valence-electron chi connectivity index (χ0n) is 21.3. The van der Waals surface area contributed by atoms with Crippen LogP contribution >= 0.6 is 11.3 Å². The zero-order valence-corrected chi connectivity index (χ0v) is 22.2. The molecule has 2 saturated heterocycles. The third-order valence-electron chi connectivity index (χ3n) is 7.61. The number of ether oxygens (including phenoxy) is 1. The number of hydrogen-bond donors (Lipinski definition) is 2. The minimum absolute atomic E-state index is 0.0329. The molecule has 2 aliphatic heterocycles. The number of hydrogen-bond acceptors (Lipinski definition) is 10. The summed E-state index contributed by atoms with van der Waals surface area (Å²) in [5.74, 6) is -0.158. The second-order valence-electron chi connectivity index (χ2n) is 10.1. The average Bonchev–Trinajstić information content (AvgIpc) is 3.66. The summed E-state index contributed by atoms with van der Waals surface area (Å²) in [6, 6.07) is 5.95. The quantitative estimate of drug-likeness (QED) is 0.305. The number of thiazole rings is 1. The van der Waals surface area contributed by atoms with Gasteiger partial charge in [0.2, 0.25) is 11.8 Å². The number of likely N-dealkylation sites (tertiary alicyclic amines) is 1. The SMILES string of the molecule is Nc1nc2c(sc(=O)n2CCN2CCC(c3cc(OC4CNC4)c(F)cc3F)CC2)c2nc(-c3ccco3)nn12. The van der Waals surface area contributed by atoms with Gasteiger partial charge in [0.1, 0.15) is 16.6 Å². The molecule has 0 unspecified atom stereocenters. The van der Waals surface area contributed by atoms with Crippen LogP contribution in [0.2, 0.25) is 0 Å². The first-order chi connectivity index (χ1) is 19.4. The molecule has 7 rings (SSSR count). The Hall–Kier alpha value is -3.88. The van der Waals surface area contributed by atoms with Gasteiger partial charge < -0.3 is 25.1 Å². The number of halogens is 2. The van der Waals surface area contributed by atoms with Gasteiger partial charge in [-0.3, -0.25) is 9.36 Å². The van der Waals surface area contributed by atoms with Gasteiger partial charge in [0.05, 0.1) is 6.26 Å². The fourth-order valence-electron chi connectivity index (χ4n) is 5.32. The molecule has 0 atom stereocenters. The van der Waals surface area contributed by atoms with E-state index in [0.717, 1.165) is 30.5 Å². The highest BCUT2D eigenvalue weighted by atomic mass is 32.1. The minimum Gasteiger partial charge on any atom is -0.485 e. The van der Waals surface area contributed by atoms with Crippen molar-refractivity contribution in [3.63, 3.8) is 0 Å². The first-order valence-electron chi connectivity index (χ1n) is 13.1. The van der Waals surface area contributed by atoms with E-state index in [0.29, 0.717) is 72.2 Å². The second kappa shape index (κ2) is 9.94. The maximum atomic E-state index is 14.7. The molecule has 0 radical (unpaired) electrons. The lowest BCUT2D eigenvalue weighted by Crippen LogP contribution is -2.50. The average molecular weight is 569 g/mol. The van der Waals surface area contributed by atoms with E-state index in [1.54, 1.807) is 16.7 Å². The number of nitrogens with zero attached hydrogens (tertiary/aromatic N) is 6. The van der Waals surface area contributed by atoms with E-state index in [2.05, 4.69) is 25.3 Å². The fourth-order valence-corrected chi connectivity index (χ4v) is 6.25. The molecule has 40 heavy (non-hydrogen) atoms. The van der Waals surface area contributed by atoms with Gasteiger partial charge in [-0.05, 0) is 55.6 Å². The molecular weight excluding hydrogens is 542 g/mol. The van der Waals surface area contributed by atoms with Crippen LogP contribution in [0, 0.1) is 11.6 Å². The Kier molecular flexibility index (Phi) is 6.24. The van der Waals surface area contributed by atoms with Crippen LogP contribution in [0.4, 0.5) is 14.7 Å². The Balaban J connectivity index is 1.05. The maximum absolute atomic E-state index is 14.7. The number of furan rings is 1. The van der Waals surface area contributed by atoms with Crippen LogP contribution in [-0.4, -0.2) is 67.9 Å². The van der Waals surface area contributed by atoms with Crippen LogP contribution in [0.3, 0.4) is 0 Å². The summed E-state index contributed by atoms with van der Waals surface area (Å²) < 4.78 is 43.7. The molecule has 2 fully saturated rings. The molecule has 5 aromatic rings. The number of fused-ring (bicyclic) bond motifs is 3. The Bertz CT molecular complexity index is 1750. The summed E-state index contributed by atoms with van der Waals surface area (Å²) in [6.45, 7) is 3.79. The normalized spacial score (nSPS) is 17.1. The number of piperidine rings is 1. The van der Waals surface area contributed by atoms with Crippen molar-refractivity contribution in [3.05, 3.63) is 57.4 Å². The summed E-state index contributed by atoms with van der Waals surface area (Å²) >= 11 is 1.05. The van der Waals surface area contributed by atoms with Crippen LogP contribution in [0.15, 0.2) is 39.7 Å². The lowest BCUT2D eigenvalue weighted by molar-refractivity contribution is 0.135. The molecule has 6 heterocycles. The van der Waals surface area contributed by atoms with Gasteiger partial charge in [-0.25, -0.2) is 13.8 Å². The number of nitrogens with two attached hydrogens (primary N) is 1. The van der Waals surface area contributed by atoms with E-state index in [9.17, 15) is 13.6 Å². The highest BCUT2D eigenvalue weighted by molar-refractivity contribution is 7.17. The van der Waals surface area contributed by atoms with E-state index in [1.165, 1.54) is 16.8 Å². The second-order valence-corrected chi connectivity index (χ2v) is 11.1. The van der Waals surface area contributed by atoms with Crippen molar-refractivity contribution in [2.24, 2.45) is 0 Å². The molecule has 0 spiro atoms. The van der Waals surface area contributed by atoms with Crippen molar-refractivity contribution < 1.29 is 17.9 Å². The van der Waals surface area contributed by atoms with Gasteiger partial charge in [0.25, 0.3) is 0 Å². The monoisotopic (exact) mass is 568 g/mol. The van der Waals surface area contributed by atoms with Crippen LogP contribution in [-0.2, 0) is 6.54 Å². The van der Waals surface area contributed by atoms with Crippen LogP contribution in [0.25, 0.3) is 27.6 Å². The summed E-state index contributed by atoms with van der Waals surface area (Å²) in [4.78, 5) is 24.0. The molecule has 3 N–H and O–H groups in total. The Morgan fingerprint density at radius 1 is 1.12 bits per heavy atom. The van der Waals surface area contributed by atoms with Gasteiger partial charge in [-0.15, -0.1) is 5.10 Å². The third kappa shape index (κ3) is 4.41. The molecule has 11 nitrogen and oxygen atoms in total. The molecule has 4 aromatic heterocycles. The smallest absolute Gasteiger partial charge is 0.309 e. The topological polar surface area (TPSA) is 129 Å². The van der Waals surface area contributed by atoms with Crippen molar-refractivity contribution in [1.29, 1.82) is 0 Å². The van der Waals surface area contributed by atoms with E-state index in [1.807, 2.05) is 0 Å². The highest BCUT2D eigenvalue weighted by Gasteiger charge is 2.27. The van der Waals surface area contributed by atoms with E-state index < -0.39 is 11.6 Å². The van der Waals surface area contributed by atoms with Crippen LogP contribution in [0.1, 0.15) is 24.3 Å². The first-order valence-corrected chi connectivity index (χ1v) is 13.9. The van der Waals surface area contributed by atoms with Gasteiger partial charge in [0, 0.05) is 32.2 Å². The number of benzene rings is 1. The summed E-state index contributed by atoms with van der Waals surface area (Å²) in [5.41, 5.74) is 7.59. The van der Waals surface area contributed by atoms with Gasteiger partial charge in [-0.2, -0.15) is 9.50 Å². The lowest BCUT2D eigenvalue weighted by atomic mass is 9.89. The van der Waals surface area contributed by atoms with Crippen LogP contribution in [0.5, 0.6) is 5.75 Å². The summed E-state index contributed by atoms with van der Waals surface area (Å²) in [7, 11) is 0. The molecule has 14 heteroatoms. The first kappa shape index (κ1) is 25.1. The predicted molar refractivity (Wildman–Crippen MR) is 145 cm³/mol. The van der Waals surface area contributed by atoms with Gasteiger partial charge in [0.15, 0.2) is 28.6 Å². The van der Waals surface area contributed by atoms with Gasteiger partial charge in [-0.1, -0.05) is 11.3 Å². The molecule has 208 valence electrons. The lowest BCUT2D eigenvalue weighted by Gasteiger charge is -2.33. The largest absolute Gasteiger partial charge is 0.485 e. The van der Waals surface area contributed by atoms with E-state index >= 15 is 0 Å². The van der Waals surface area contributed by atoms with Crippen molar-refractivity contribution >= 4 is 33.3 Å². The minimum atomic E-state index is -0.672. The Morgan fingerprint density at radius 3 is 2.67 bits per heavy atom. The van der Waals surface area contributed by atoms with Crippen LogP contribution < -0.4 is 20.7 Å². The molecule has 0 bridgehead atoms. The molecular formula is C26H26F2N8O3S. The van der Waals surface area contributed by atoms with E-state index in [-0.39, 0.29) is 28.6 Å². The zero-order chi connectivity index (χ0) is 27.4. The highest BCUT2D eigenvalue weighted by Crippen LogP contribution is 2.34. The third-order valence-corrected chi connectivity index (χ3v) is 8.58. The molecule has 0 amide bonds. The molecule has 0 saturated carbocycles. The van der Waals surface area contributed by atoms with E-state index in [4.69, 9.17) is 14.9 Å². The number of rotatable bonds is 7. The van der Waals surface area contributed by atoms with Crippen molar-refractivity contribution in [2.75, 3.05) is 38.5 Å². The standard InChI is InChI=1S/C26H26F2N8O3S/c27-17-11-18(28)20(39-15-12-30-13-15)10-16(17)14-3-5-34(6-4-14)7-8-35-23-21(40-26(35)37)24-31-22(19-2-1-9-38-19)33-36(24)25(29)32-23/h1-2,9-11,14-15,30H,3-8,12-13H2,(H2,29,32). The predicted octanol–water partition coefficient (Wildman–Crippen LogP) is 2.85. The molecule has 1 aromatic carbocycles. The Morgan fingerprint density at radius 2 is 1.95 bits per heavy atom. The van der Waals surface area contributed by atoms with Crippen molar-refractivity contribution in [2.45, 2.75) is 31.4 Å². The number of anilines is 1. The van der Waals surface area contributed by atoms with Crippen molar-refractivity contribution in [3.8, 4) is 17.3 Å². The number of nitrogen functional groups attached to an aromatic ring is 1. The van der Waals surface area contributed by atoms with Crippen molar-refractivity contribution in [1.82, 2.24) is 34.4 Å². The Labute approximate surface area is 230 Å². The maximum Gasteiger partial charge on any atom is 0.309 e. The van der Waals surface area contributed by atoms with Gasteiger partial charge >= 0.3 is 4.87 Å². The molecule has 0 aliphatic carbocycles. The summed E-state index contributed by atoms with van der Waals surface area (Å²) in [6.07, 6.45) is 2.88. The molecule has 2 aliphatic rings. The number of nitrogens with one attached hydrogen (secondary N) is 1.